The Morgan fingerprint density at radius 1 is 1.25 bits per heavy atom. The third-order valence-electron chi connectivity index (χ3n) is 2.34. The van der Waals surface area contributed by atoms with E-state index in [4.69, 9.17) is 0 Å². The minimum atomic E-state index is 0.397. The summed E-state index contributed by atoms with van der Waals surface area (Å²) in [7, 11) is 0. The molecule has 1 aromatic carbocycles. The summed E-state index contributed by atoms with van der Waals surface area (Å²) in [5.41, 5.74) is 3.47. The summed E-state index contributed by atoms with van der Waals surface area (Å²) in [6.07, 6.45) is 0. The molecule has 0 bridgehead atoms. The van der Waals surface area contributed by atoms with Crippen LogP contribution in [0.15, 0.2) is 30.3 Å². The second-order valence-electron chi connectivity index (χ2n) is 4.34. The number of benzene rings is 1. The van der Waals surface area contributed by atoms with E-state index in [0.717, 1.165) is 11.5 Å². The molecule has 1 heterocycles. The van der Waals surface area contributed by atoms with E-state index in [1.54, 1.807) is 0 Å². The summed E-state index contributed by atoms with van der Waals surface area (Å²) in [4.78, 5) is 0. The molecule has 0 aliphatic rings. The molecule has 16 heavy (non-hydrogen) atoms. The highest BCUT2D eigenvalue weighted by Gasteiger charge is 2.04. The van der Waals surface area contributed by atoms with Crippen molar-refractivity contribution in [3.05, 3.63) is 35.9 Å². The molecule has 1 aromatic heterocycles. The highest BCUT2D eigenvalue weighted by atomic mass is 15.2. The Bertz CT molecular complexity index is 472. The summed E-state index contributed by atoms with van der Waals surface area (Å²) in [5, 5.41) is 10.5. The van der Waals surface area contributed by atoms with Crippen LogP contribution < -0.4 is 5.32 Å². The first-order chi connectivity index (χ1) is 7.65. The van der Waals surface area contributed by atoms with Crippen LogP contribution in [0.2, 0.25) is 0 Å². The maximum atomic E-state index is 4.23. The third kappa shape index (κ3) is 2.42. The number of nitrogens with one attached hydrogen (secondary N) is 2. The standard InChI is InChI=1S/C13H17N3/c1-9(2)14-13-8-12(15-16-13)11-6-4-5-10(3)7-11/h4-9H,1-3H3,(H2,14,15,16). The zero-order chi connectivity index (χ0) is 11.5. The van der Waals surface area contributed by atoms with Gasteiger partial charge in [0.15, 0.2) is 0 Å². The Balaban J connectivity index is 2.24. The highest BCUT2D eigenvalue weighted by Crippen LogP contribution is 2.20. The van der Waals surface area contributed by atoms with Crippen LogP contribution in [0.5, 0.6) is 0 Å². The Morgan fingerprint density at radius 3 is 2.75 bits per heavy atom. The predicted octanol–water partition coefficient (Wildman–Crippen LogP) is 3.21. The Hall–Kier alpha value is -1.77. The first kappa shape index (κ1) is 10.7. The number of rotatable bonds is 3. The number of hydrogen-bond acceptors (Lipinski definition) is 2. The van der Waals surface area contributed by atoms with Gasteiger partial charge in [-0.15, -0.1) is 0 Å². The van der Waals surface area contributed by atoms with Gasteiger partial charge in [-0.3, -0.25) is 5.10 Å². The van der Waals surface area contributed by atoms with Gasteiger partial charge in [0.2, 0.25) is 0 Å². The van der Waals surface area contributed by atoms with Gasteiger partial charge >= 0.3 is 0 Å². The fourth-order valence-electron chi connectivity index (χ4n) is 1.65. The summed E-state index contributed by atoms with van der Waals surface area (Å²) in [5.74, 6) is 0.895. The lowest BCUT2D eigenvalue weighted by molar-refractivity contribution is 0.884. The van der Waals surface area contributed by atoms with Gasteiger partial charge in [0, 0.05) is 12.1 Å². The van der Waals surface area contributed by atoms with E-state index < -0.39 is 0 Å². The lowest BCUT2D eigenvalue weighted by Crippen LogP contribution is -2.09. The first-order valence-electron chi connectivity index (χ1n) is 5.54. The molecule has 0 amide bonds. The smallest absolute Gasteiger partial charge is 0.148 e. The van der Waals surface area contributed by atoms with Crippen LogP contribution in [0, 0.1) is 6.92 Å². The normalized spacial score (nSPS) is 10.8. The van der Waals surface area contributed by atoms with Crippen LogP contribution in [-0.2, 0) is 0 Å². The molecule has 2 N–H and O–H groups in total. The molecule has 3 nitrogen and oxygen atoms in total. The topological polar surface area (TPSA) is 40.7 Å². The number of aromatic nitrogens is 2. The fourth-order valence-corrected chi connectivity index (χ4v) is 1.65. The van der Waals surface area contributed by atoms with E-state index >= 15 is 0 Å². The summed E-state index contributed by atoms with van der Waals surface area (Å²) >= 11 is 0. The number of aromatic amines is 1. The first-order valence-corrected chi connectivity index (χ1v) is 5.54. The van der Waals surface area contributed by atoms with Crippen LogP contribution in [0.4, 0.5) is 5.82 Å². The van der Waals surface area contributed by atoms with Crippen molar-refractivity contribution in [2.24, 2.45) is 0 Å². The maximum Gasteiger partial charge on any atom is 0.148 e. The third-order valence-corrected chi connectivity index (χ3v) is 2.34. The van der Waals surface area contributed by atoms with Crippen molar-refractivity contribution in [1.29, 1.82) is 0 Å². The second kappa shape index (κ2) is 4.39. The van der Waals surface area contributed by atoms with Gasteiger partial charge in [-0.2, -0.15) is 5.10 Å². The molecule has 0 radical (unpaired) electrons. The van der Waals surface area contributed by atoms with Crippen LogP contribution in [0.3, 0.4) is 0 Å². The maximum absolute atomic E-state index is 4.23. The van der Waals surface area contributed by atoms with Crippen LogP contribution >= 0.6 is 0 Å². The second-order valence-corrected chi connectivity index (χ2v) is 4.34. The van der Waals surface area contributed by atoms with Gasteiger partial charge in [-0.1, -0.05) is 23.8 Å². The van der Waals surface area contributed by atoms with Crippen LogP contribution in [0.1, 0.15) is 19.4 Å². The number of aryl methyl sites for hydroxylation is 1. The van der Waals surface area contributed by atoms with Gasteiger partial charge < -0.3 is 5.32 Å². The van der Waals surface area contributed by atoms with Crippen molar-refractivity contribution >= 4 is 5.82 Å². The van der Waals surface area contributed by atoms with E-state index in [1.165, 1.54) is 11.1 Å². The molecule has 0 spiro atoms. The van der Waals surface area contributed by atoms with Gasteiger partial charge in [-0.25, -0.2) is 0 Å². The summed E-state index contributed by atoms with van der Waals surface area (Å²) in [6, 6.07) is 10.8. The van der Waals surface area contributed by atoms with E-state index in [9.17, 15) is 0 Å². The van der Waals surface area contributed by atoms with E-state index in [-0.39, 0.29) is 0 Å². The average Bonchev–Trinajstić information content (AvgIpc) is 2.65. The molecule has 0 saturated carbocycles. The number of anilines is 1. The van der Waals surface area contributed by atoms with Gasteiger partial charge in [0.25, 0.3) is 0 Å². The largest absolute Gasteiger partial charge is 0.366 e. The van der Waals surface area contributed by atoms with Gasteiger partial charge in [0.05, 0.1) is 5.69 Å². The van der Waals surface area contributed by atoms with Crippen molar-refractivity contribution in [1.82, 2.24) is 10.2 Å². The van der Waals surface area contributed by atoms with Gasteiger partial charge in [-0.05, 0) is 32.4 Å². The molecule has 0 saturated heterocycles. The quantitative estimate of drug-likeness (QED) is 0.825. The number of hydrogen-bond donors (Lipinski definition) is 2. The van der Waals surface area contributed by atoms with E-state index in [0.29, 0.717) is 6.04 Å². The lowest BCUT2D eigenvalue weighted by Gasteiger charge is -2.04. The Kier molecular flexibility index (Phi) is 2.95. The fraction of sp³-hybridized carbons (Fsp3) is 0.308. The van der Waals surface area contributed by atoms with Gasteiger partial charge in [0.1, 0.15) is 5.82 Å². The zero-order valence-electron chi connectivity index (χ0n) is 9.91. The predicted molar refractivity (Wildman–Crippen MR) is 67.5 cm³/mol. The molecular formula is C13H17N3. The lowest BCUT2D eigenvalue weighted by atomic mass is 10.1. The molecule has 0 atom stereocenters. The monoisotopic (exact) mass is 215 g/mol. The summed E-state index contributed by atoms with van der Waals surface area (Å²) < 4.78 is 0. The van der Waals surface area contributed by atoms with Crippen molar-refractivity contribution in [2.45, 2.75) is 26.8 Å². The minimum Gasteiger partial charge on any atom is -0.366 e. The molecule has 0 aliphatic heterocycles. The number of H-pyrrole nitrogens is 1. The molecule has 84 valence electrons. The molecule has 3 heteroatoms. The van der Waals surface area contributed by atoms with Crippen molar-refractivity contribution in [3.8, 4) is 11.3 Å². The van der Waals surface area contributed by atoms with E-state index in [2.05, 4.69) is 60.6 Å². The van der Waals surface area contributed by atoms with Crippen molar-refractivity contribution in [3.63, 3.8) is 0 Å². The van der Waals surface area contributed by atoms with Crippen LogP contribution in [-0.4, -0.2) is 16.2 Å². The Labute approximate surface area is 95.9 Å². The highest BCUT2D eigenvalue weighted by molar-refractivity contribution is 5.63. The summed E-state index contributed by atoms with van der Waals surface area (Å²) in [6.45, 7) is 6.29. The average molecular weight is 215 g/mol. The molecular weight excluding hydrogens is 198 g/mol. The number of nitrogens with zero attached hydrogens (tertiary/aromatic N) is 1. The van der Waals surface area contributed by atoms with Crippen molar-refractivity contribution in [2.75, 3.05) is 5.32 Å². The molecule has 0 fully saturated rings. The SMILES string of the molecule is Cc1cccc(-c2cc(NC(C)C)n[nH]2)c1. The molecule has 2 aromatic rings. The van der Waals surface area contributed by atoms with Crippen molar-refractivity contribution < 1.29 is 0 Å². The zero-order valence-corrected chi connectivity index (χ0v) is 9.91. The minimum absolute atomic E-state index is 0.397. The van der Waals surface area contributed by atoms with Crippen LogP contribution in [0.25, 0.3) is 11.3 Å². The molecule has 2 rings (SSSR count). The van der Waals surface area contributed by atoms with E-state index in [1.807, 2.05) is 6.07 Å². The molecule has 0 unspecified atom stereocenters. The Morgan fingerprint density at radius 2 is 2.06 bits per heavy atom. The molecule has 0 aliphatic carbocycles.